The second kappa shape index (κ2) is 38.5. The summed E-state index contributed by atoms with van der Waals surface area (Å²) in [7, 11) is 0.688. The summed E-state index contributed by atoms with van der Waals surface area (Å²) in [5.41, 5.74) is 40.8. The number of fused-ring (bicyclic) bond motifs is 8. The molecule has 0 bridgehead atoms. The third kappa shape index (κ3) is 19.2. The standard InChI is InChI=1S/C26H25N9O2.C25H24N10O2.C24H21N9O3.C20H16N8O3S/c1-35-7-5-14(6-8-35)26(37)30-17-9-15(11-28-13-17)16-10-19-22(33-34-24(19)29-12-16)25-31-20-4-2-3-18(23(27)36)21(20)32-25;1-34-5-7-35(8-6-34)25(37)29-16-9-14(11-27-13-16)15-10-18-21(32-33-23(18)28-12-15)24-30-19-4-2-3-17(22(26)36)20(19)31-24;25-21(34)16-2-1-3-18-19(16)30-23(29-18)20-17-9-14(11-27-22(17)32-31-20)13-8-15(12-26-10-13)28-24(35)33-4-6-36-7-5-33;1-32(30,31)28-12-5-10(7-22-9-12)11-6-14-17(26-27-19(14)23-8-11)20-24-15-4-2-3-13(18(21)29)16(15)25-20/h2-4,9-14H,5-8H2,1H3,(H2,27,36)(H,30,37)(H,31,32)(H,29,33,34);2-4,9-13H,5-8H2,1H3,(H2,26,36)(H,29,37)(H,30,31)(H,28,32,33);1-3,8-12H,4-7H2,(H2,25,34)(H,28,35)(H,29,30)(H,27,31,32);2-9,28H,1H3,(H2,21,29)(H,24,25)(H,23,26,27). The molecule has 3 fully saturated rings. The lowest BCUT2D eigenvalue weighted by Crippen LogP contribution is -2.48. The van der Waals surface area contributed by atoms with Crippen LogP contribution in [0.3, 0.4) is 0 Å². The van der Waals surface area contributed by atoms with Gasteiger partial charge in [-0.25, -0.2) is 57.9 Å². The molecule has 19 heterocycles. The van der Waals surface area contributed by atoms with Crippen LogP contribution in [0.5, 0.6) is 0 Å². The van der Waals surface area contributed by atoms with Crippen molar-refractivity contribution < 1.29 is 46.7 Å². The number of anilines is 4. The molecule has 20 aromatic rings. The van der Waals surface area contributed by atoms with Crippen molar-refractivity contribution in [3.8, 4) is 90.6 Å². The minimum Gasteiger partial charge on any atom is -0.378 e. The zero-order valence-electron chi connectivity index (χ0n) is 75.8. The van der Waals surface area contributed by atoms with Gasteiger partial charge in [-0.05, 0) is 137 Å². The van der Waals surface area contributed by atoms with Gasteiger partial charge in [0.2, 0.25) is 15.9 Å². The Morgan fingerprint density at radius 2 is 0.648 bits per heavy atom. The highest BCUT2D eigenvalue weighted by Gasteiger charge is 2.29. The fourth-order valence-corrected chi connectivity index (χ4v) is 17.5. The maximum absolute atomic E-state index is 12.8. The maximum atomic E-state index is 12.8. The molecule has 142 heavy (non-hydrogen) atoms. The van der Waals surface area contributed by atoms with Crippen molar-refractivity contribution in [3.05, 3.63) is 218 Å². The average molecular weight is 1920 g/mol. The van der Waals surface area contributed by atoms with Gasteiger partial charge >= 0.3 is 12.1 Å². The Morgan fingerprint density at radius 1 is 0.359 bits per heavy atom. The number of nitrogens with zero attached hydrogens (tertiary/aromatic N) is 20. The average Bonchev–Trinajstić information content (AvgIpc) is 1.63. The third-order valence-electron chi connectivity index (χ3n) is 24.2. The number of carbonyl (C=O) groups excluding carboxylic acids is 7. The molecule has 0 saturated carbocycles. The lowest BCUT2D eigenvalue weighted by atomic mass is 9.96. The third-order valence-corrected chi connectivity index (χ3v) is 24.8. The Labute approximate surface area is 802 Å². The topological polar surface area (TPSA) is 661 Å². The summed E-state index contributed by atoms with van der Waals surface area (Å²) in [5.74, 6) is -0.175. The summed E-state index contributed by atoms with van der Waals surface area (Å²) in [6.07, 6.45) is 22.6. The molecule has 23 rings (SSSR count). The minimum absolute atomic E-state index is 0.00486. The lowest BCUT2D eigenvalue weighted by molar-refractivity contribution is -0.121. The van der Waals surface area contributed by atoms with Crippen molar-refractivity contribution in [2.75, 3.05) is 107 Å². The molecule has 0 unspecified atom stereocenters. The Morgan fingerprint density at radius 3 is 0.965 bits per heavy atom. The summed E-state index contributed by atoms with van der Waals surface area (Å²) in [6.45, 7) is 7.05. The van der Waals surface area contributed by atoms with E-state index in [2.05, 4.69) is 158 Å². The monoisotopic (exact) mass is 1920 g/mol. The zero-order valence-corrected chi connectivity index (χ0v) is 76.6. The molecule has 0 radical (unpaired) electrons. The summed E-state index contributed by atoms with van der Waals surface area (Å²) in [6, 6.07) is 35.4. The van der Waals surface area contributed by atoms with Crippen molar-refractivity contribution in [2.45, 2.75) is 12.8 Å². The number of para-hydroxylation sites is 4. The molecule has 0 atom stereocenters. The van der Waals surface area contributed by atoms with Crippen molar-refractivity contribution in [1.29, 1.82) is 0 Å². The number of carbonyl (C=O) groups is 7. The number of piperidine rings is 1. The van der Waals surface area contributed by atoms with E-state index < -0.39 is 33.7 Å². The van der Waals surface area contributed by atoms with E-state index in [-0.39, 0.29) is 23.9 Å². The predicted molar refractivity (Wildman–Crippen MR) is 530 cm³/mol. The van der Waals surface area contributed by atoms with Crippen LogP contribution in [0.1, 0.15) is 54.3 Å². The molecule has 4 aromatic carbocycles. The van der Waals surface area contributed by atoms with E-state index in [1.54, 1.807) is 139 Å². The van der Waals surface area contributed by atoms with Crippen LogP contribution < -0.4 is 43.6 Å². The Bertz CT molecular complexity index is 8240. The molecule has 16 aromatic heterocycles. The smallest absolute Gasteiger partial charge is 0.322 e. The highest BCUT2D eigenvalue weighted by Crippen LogP contribution is 2.38. The fraction of sp³-hybridized carbons (Fsp3) is 0.168. The second-order valence-corrected chi connectivity index (χ2v) is 35.7. The molecule has 3 aliphatic rings. The van der Waals surface area contributed by atoms with E-state index in [1.807, 2.05) is 67.7 Å². The number of hydrogen-bond acceptors (Lipinski definition) is 28. The number of H-pyrrole nitrogens is 8. The van der Waals surface area contributed by atoms with Gasteiger partial charge in [0.25, 0.3) is 23.6 Å². The number of hydrogen-bond donors (Lipinski definition) is 16. The van der Waals surface area contributed by atoms with Crippen molar-refractivity contribution >= 4 is 163 Å². The number of nitrogens with two attached hydrogens (primary N) is 4. The Kier molecular flexibility index (Phi) is 24.7. The summed E-state index contributed by atoms with van der Waals surface area (Å²) < 4.78 is 30.8. The molecule has 20 N–H and O–H groups in total. The number of primary amides is 4. The molecule has 3 aliphatic heterocycles. The van der Waals surface area contributed by atoms with Crippen LogP contribution in [-0.4, -0.2) is 276 Å². The van der Waals surface area contributed by atoms with Gasteiger partial charge in [0, 0.05) is 139 Å². The van der Waals surface area contributed by atoms with E-state index in [4.69, 9.17) is 27.7 Å². The van der Waals surface area contributed by atoms with Crippen LogP contribution in [0, 0.1) is 5.92 Å². The summed E-state index contributed by atoms with van der Waals surface area (Å²) >= 11 is 0. The van der Waals surface area contributed by atoms with E-state index in [0.717, 1.165) is 94.8 Å². The number of likely N-dealkylation sites (N-methyl/N-ethyl adjacent to an activating group) is 1. The summed E-state index contributed by atoms with van der Waals surface area (Å²) in [5, 5.41) is 40.8. The molecule has 47 heteroatoms. The van der Waals surface area contributed by atoms with Gasteiger partial charge in [0.15, 0.2) is 45.9 Å². The maximum Gasteiger partial charge on any atom is 0.322 e. The van der Waals surface area contributed by atoms with Gasteiger partial charge in [-0.2, -0.15) is 20.4 Å². The van der Waals surface area contributed by atoms with Gasteiger partial charge < -0.3 is 83.2 Å². The van der Waals surface area contributed by atoms with E-state index >= 15 is 0 Å². The first-order valence-electron chi connectivity index (χ1n) is 44.5. The number of amides is 9. The van der Waals surface area contributed by atoms with Crippen molar-refractivity contribution in [2.24, 2.45) is 28.9 Å². The molecule has 712 valence electrons. The van der Waals surface area contributed by atoms with E-state index in [0.29, 0.717) is 214 Å². The number of aromatic nitrogens is 24. The minimum atomic E-state index is -3.43. The largest absolute Gasteiger partial charge is 0.378 e. The van der Waals surface area contributed by atoms with Gasteiger partial charge in [-0.1, -0.05) is 24.3 Å². The van der Waals surface area contributed by atoms with E-state index in [1.165, 1.54) is 6.20 Å². The number of imidazole rings is 4. The van der Waals surface area contributed by atoms with Crippen LogP contribution >= 0.6 is 0 Å². The quantitative estimate of drug-likeness (QED) is 0.0380. The second-order valence-electron chi connectivity index (χ2n) is 33.9. The number of benzene rings is 4. The number of piperazine rings is 1. The van der Waals surface area contributed by atoms with Crippen LogP contribution in [0.15, 0.2) is 196 Å². The van der Waals surface area contributed by atoms with Gasteiger partial charge in [-0.15, -0.1) is 0 Å². The highest BCUT2D eigenvalue weighted by molar-refractivity contribution is 7.92. The number of nitrogens with one attached hydrogen (secondary N) is 12. The molecule has 3 saturated heterocycles. The van der Waals surface area contributed by atoms with Gasteiger partial charge in [0.05, 0.1) is 133 Å². The summed E-state index contributed by atoms with van der Waals surface area (Å²) in [4.78, 5) is 159. The zero-order chi connectivity index (χ0) is 98.1. The first-order chi connectivity index (χ1) is 68.8. The Hall–Kier alpha value is -18.6. The normalized spacial score (nSPS) is 13.8. The number of rotatable bonds is 18. The molecular formula is C95H86N36O10S. The van der Waals surface area contributed by atoms with Gasteiger partial charge in [0.1, 0.15) is 44.8 Å². The lowest BCUT2D eigenvalue weighted by Gasteiger charge is -2.32. The predicted octanol–water partition coefficient (Wildman–Crippen LogP) is 9.94. The van der Waals surface area contributed by atoms with Crippen molar-refractivity contribution in [3.63, 3.8) is 0 Å². The number of aromatic amines is 8. The molecular weight excluding hydrogens is 1840 g/mol. The number of ether oxygens (including phenoxy) is 1. The SMILES string of the molecule is CN1CCC(C(=O)Nc2cncc(-c3cnc4n[nH]c(-c5nc6c(C(N)=O)cccc6[nH]5)c4c3)c2)CC1.CN1CCN(C(=O)Nc2cncc(-c3cnc4n[nH]c(-c5nc6c(C(N)=O)cccc6[nH]5)c4c3)c2)CC1.CS(=O)(=O)Nc1cncc(-c2cnc3n[nH]c(-c4nc5c(C(N)=O)cccc5[nH]4)c3c2)c1.NC(=O)c1cccc2[nH]c(-c3[nH]nc4ncc(-c5cncc(NC(=O)N6CCOCC6)c5)cc34)nc12. The van der Waals surface area contributed by atoms with Crippen LogP contribution in [-0.2, 0) is 19.6 Å². The first kappa shape index (κ1) is 91.1. The number of morpholine rings is 1. The van der Waals surface area contributed by atoms with Crippen LogP contribution in [0.4, 0.5) is 32.3 Å². The first-order valence-corrected chi connectivity index (χ1v) is 46.4. The van der Waals surface area contributed by atoms with Crippen LogP contribution in [0.2, 0.25) is 0 Å². The fourth-order valence-electron chi connectivity index (χ4n) is 16.9. The molecule has 46 nitrogen and oxygen atoms in total. The Balaban J connectivity index is 0.000000116. The van der Waals surface area contributed by atoms with E-state index in [9.17, 15) is 42.0 Å². The number of sulfonamides is 1. The number of pyridine rings is 8. The van der Waals surface area contributed by atoms with Crippen LogP contribution in [0.25, 0.3) is 179 Å². The number of likely N-dealkylation sites (tertiary alicyclic amines) is 1. The van der Waals surface area contributed by atoms with Crippen molar-refractivity contribution in [1.82, 2.24) is 140 Å². The molecule has 0 spiro atoms. The molecule has 9 amide bonds. The number of urea groups is 2. The van der Waals surface area contributed by atoms with Gasteiger partial charge in [-0.3, -0.25) is 69.0 Å². The molecule has 0 aliphatic carbocycles. The highest BCUT2D eigenvalue weighted by atomic mass is 32.2.